The maximum atomic E-state index is 12.6. The topological polar surface area (TPSA) is 66.0 Å². The second kappa shape index (κ2) is 11.1. The number of hydrogen-bond donors (Lipinski definition) is 3. The van der Waals surface area contributed by atoms with Gasteiger partial charge >= 0.3 is 0 Å². The van der Waals surface area contributed by atoms with Crippen LogP contribution in [0.2, 0.25) is 5.02 Å². The minimum Gasteiger partial charge on any atom is -0.326 e. The number of aromatic nitrogens is 1. The van der Waals surface area contributed by atoms with Crippen molar-refractivity contribution in [3.63, 3.8) is 0 Å². The lowest BCUT2D eigenvalue weighted by molar-refractivity contribution is -0.117. The molecular formula is C25H29ClN4OS. The largest absolute Gasteiger partial charge is 0.326 e. The second-order valence-corrected chi connectivity index (χ2v) is 9.67. The molecule has 1 unspecified atom stereocenters. The molecule has 0 bridgehead atoms. The molecule has 1 saturated heterocycles. The van der Waals surface area contributed by atoms with Crippen LogP contribution in [0.25, 0.3) is 10.8 Å². The van der Waals surface area contributed by atoms with Crippen LogP contribution in [0.1, 0.15) is 37.2 Å². The van der Waals surface area contributed by atoms with E-state index in [2.05, 4.69) is 44.6 Å². The molecule has 2 aromatic carbocycles. The number of nitrogens with one attached hydrogen (secondary N) is 3. The summed E-state index contributed by atoms with van der Waals surface area (Å²) in [5.41, 5.74) is 1.99. The Morgan fingerprint density at radius 1 is 1.09 bits per heavy atom. The summed E-state index contributed by atoms with van der Waals surface area (Å²) in [7, 11) is 1.90. The molecule has 0 radical (unpaired) electrons. The van der Waals surface area contributed by atoms with Crippen molar-refractivity contribution in [2.75, 3.05) is 25.5 Å². The highest BCUT2D eigenvalue weighted by Gasteiger charge is 2.43. The fraction of sp³-hybridized carbons (Fsp3) is 0.360. The monoisotopic (exact) mass is 468 g/mol. The number of amides is 1. The van der Waals surface area contributed by atoms with Crippen molar-refractivity contribution < 1.29 is 4.79 Å². The first-order chi connectivity index (χ1) is 15.7. The summed E-state index contributed by atoms with van der Waals surface area (Å²) in [4.78, 5) is 17.8. The summed E-state index contributed by atoms with van der Waals surface area (Å²) in [5, 5.41) is 8.74. The molecule has 3 aromatic rings. The lowest BCUT2D eigenvalue weighted by Crippen LogP contribution is -2.21. The minimum atomic E-state index is 0.0291. The number of benzene rings is 2. The van der Waals surface area contributed by atoms with E-state index in [4.69, 9.17) is 11.6 Å². The molecule has 5 rings (SSSR count). The Balaban J connectivity index is 0.000000354. The van der Waals surface area contributed by atoms with Crippen molar-refractivity contribution in [3.8, 4) is 0 Å². The van der Waals surface area contributed by atoms with Crippen LogP contribution in [-0.4, -0.2) is 31.0 Å². The van der Waals surface area contributed by atoms with Crippen LogP contribution in [0.3, 0.4) is 0 Å². The average Bonchev–Trinajstić information content (AvgIpc) is 3.63. The van der Waals surface area contributed by atoms with Gasteiger partial charge in [0.05, 0.1) is 5.02 Å². The lowest BCUT2D eigenvalue weighted by atomic mass is 10.1. The zero-order valence-corrected chi connectivity index (χ0v) is 19.8. The highest BCUT2D eigenvalue weighted by molar-refractivity contribution is 7.97. The van der Waals surface area contributed by atoms with Crippen LogP contribution < -0.4 is 15.4 Å². The van der Waals surface area contributed by atoms with E-state index < -0.39 is 0 Å². The summed E-state index contributed by atoms with van der Waals surface area (Å²) in [6.07, 6.45) is 8.48. The van der Waals surface area contributed by atoms with Gasteiger partial charge in [-0.05, 0) is 87.1 Å². The normalized spacial score (nSPS) is 19.7. The highest BCUT2D eigenvalue weighted by Crippen LogP contribution is 2.48. The van der Waals surface area contributed by atoms with E-state index in [9.17, 15) is 4.79 Å². The number of nitrogens with zero attached hydrogens (tertiary/aromatic N) is 1. The molecule has 7 heteroatoms. The van der Waals surface area contributed by atoms with Crippen LogP contribution in [0.4, 0.5) is 5.69 Å². The third-order valence-electron chi connectivity index (χ3n) is 5.84. The van der Waals surface area contributed by atoms with Crippen LogP contribution >= 0.6 is 23.5 Å². The number of rotatable bonds is 5. The van der Waals surface area contributed by atoms with Gasteiger partial charge in [-0.1, -0.05) is 36.2 Å². The van der Waals surface area contributed by atoms with E-state index in [1.807, 2.05) is 25.2 Å². The van der Waals surface area contributed by atoms with Crippen molar-refractivity contribution in [2.45, 2.75) is 36.5 Å². The maximum absolute atomic E-state index is 12.6. The Hall–Kier alpha value is -2.12. The molecule has 32 heavy (non-hydrogen) atoms. The summed E-state index contributed by atoms with van der Waals surface area (Å²) in [5.74, 6) is 0.395. The predicted octanol–water partition coefficient (Wildman–Crippen LogP) is 5.62. The van der Waals surface area contributed by atoms with Gasteiger partial charge in [-0.3, -0.25) is 14.5 Å². The highest BCUT2D eigenvalue weighted by atomic mass is 35.5. The number of hydrogen-bond acceptors (Lipinski definition) is 5. The molecule has 0 spiro atoms. The fourth-order valence-corrected chi connectivity index (χ4v) is 4.72. The van der Waals surface area contributed by atoms with Crippen LogP contribution in [0.5, 0.6) is 0 Å². The fourth-order valence-electron chi connectivity index (χ4n) is 4.00. The predicted molar refractivity (Wildman–Crippen MR) is 134 cm³/mol. The zero-order chi connectivity index (χ0) is 22.3. The Morgan fingerprint density at radius 3 is 2.53 bits per heavy atom. The molecule has 1 aliphatic carbocycles. The first kappa shape index (κ1) is 23.1. The molecule has 5 nitrogen and oxygen atoms in total. The molecule has 1 saturated carbocycles. The Labute approximate surface area is 198 Å². The number of carbonyl (C=O) groups excluding carboxylic acids is 1. The van der Waals surface area contributed by atoms with Crippen LogP contribution in [-0.2, 0) is 4.79 Å². The van der Waals surface area contributed by atoms with Crippen molar-refractivity contribution in [1.29, 1.82) is 0 Å². The van der Waals surface area contributed by atoms with Crippen molar-refractivity contribution in [3.05, 3.63) is 65.4 Å². The van der Waals surface area contributed by atoms with E-state index in [1.54, 1.807) is 24.3 Å². The minimum absolute atomic E-state index is 0.0291. The van der Waals surface area contributed by atoms with Gasteiger partial charge < -0.3 is 10.6 Å². The number of piperidine rings is 1. The van der Waals surface area contributed by atoms with E-state index in [1.165, 1.54) is 42.8 Å². The molecule has 2 fully saturated rings. The third kappa shape index (κ3) is 6.01. The van der Waals surface area contributed by atoms with Gasteiger partial charge in [0, 0.05) is 39.7 Å². The Morgan fingerprint density at radius 2 is 1.88 bits per heavy atom. The van der Waals surface area contributed by atoms with Gasteiger partial charge in [0.25, 0.3) is 0 Å². The quantitative estimate of drug-likeness (QED) is 0.424. The van der Waals surface area contributed by atoms with E-state index >= 15 is 0 Å². The number of fused-ring (bicyclic) bond motifs is 1. The van der Waals surface area contributed by atoms with E-state index in [-0.39, 0.29) is 11.8 Å². The Bertz CT molecular complexity index is 1040. The Kier molecular flexibility index (Phi) is 8.03. The molecule has 168 valence electrons. The molecular weight excluding hydrogens is 440 g/mol. The molecule has 1 aromatic heterocycles. The van der Waals surface area contributed by atoms with Crippen molar-refractivity contribution in [1.82, 2.24) is 15.0 Å². The first-order valence-corrected chi connectivity index (χ1v) is 12.3. The number of anilines is 1. The SMILES string of the molecule is C1CCNCC1.CNSc1ccc([C@@H]2CC2C(=O)Nc2ccc3cncc(Cl)c3c2)cc1. The smallest absolute Gasteiger partial charge is 0.228 e. The summed E-state index contributed by atoms with van der Waals surface area (Å²) < 4.78 is 3.06. The van der Waals surface area contributed by atoms with Crippen LogP contribution in [0.15, 0.2) is 59.8 Å². The van der Waals surface area contributed by atoms with Crippen molar-refractivity contribution >= 4 is 45.9 Å². The summed E-state index contributed by atoms with van der Waals surface area (Å²) >= 11 is 7.78. The number of pyridine rings is 1. The third-order valence-corrected chi connectivity index (χ3v) is 6.86. The molecule has 2 heterocycles. The lowest BCUT2D eigenvalue weighted by Gasteiger charge is -2.08. The number of halogens is 1. The molecule has 1 amide bonds. The molecule has 2 atom stereocenters. The molecule has 1 aliphatic heterocycles. The van der Waals surface area contributed by atoms with Gasteiger partial charge in [0.1, 0.15) is 0 Å². The summed E-state index contributed by atoms with van der Waals surface area (Å²) in [6.45, 7) is 2.50. The van der Waals surface area contributed by atoms with Crippen molar-refractivity contribution in [2.24, 2.45) is 5.92 Å². The van der Waals surface area contributed by atoms with Gasteiger partial charge in [-0.15, -0.1) is 0 Å². The van der Waals surface area contributed by atoms with Gasteiger partial charge in [0.15, 0.2) is 0 Å². The second-order valence-electron chi connectivity index (χ2n) is 8.18. The molecule has 3 N–H and O–H groups in total. The first-order valence-electron chi connectivity index (χ1n) is 11.1. The van der Waals surface area contributed by atoms with E-state index in [0.29, 0.717) is 10.9 Å². The van der Waals surface area contributed by atoms with Gasteiger partial charge in [0.2, 0.25) is 5.91 Å². The molecule has 2 aliphatic rings. The van der Waals surface area contributed by atoms with Crippen LogP contribution in [0, 0.1) is 5.92 Å². The zero-order valence-electron chi connectivity index (χ0n) is 18.2. The van der Waals surface area contributed by atoms with Gasteiger partial charge in [-0.25, -0.2) is 0 Å². The number of carbonyl (C=O) groups is 1. The van der Waals surface area contributed by atoms with E-state index in [0.717, 1.165) is 22.9 Å². The van der Waals surface area contributed by atoms with Gasteiger partial charge in [-0.2, -0.15) is 0 Å². The summed E-state index contributed by atoms with van der Waals surface area (Å²) in [6, 6.07) is 14.1. The standard InChI is InChI=1S/C20H18ClN3OS.C5H11N/c1-22-26-15-6-3-12(4-7-15)16-9-18(16)20(25)24-14-5-2-13-10-23-11-19(21)17(13)8-14;1-2-4-6-5-3-1/h2-8,10-11,16,18,22H,9H2,1H3,(H,24,25);6H,1-5H2/t16-,18?;/m0./s1. The average molecular weight is 469 g/mol. The maximum Gasteiger partial charge on any atom is 0.228 e.